The molecule has 0 saturated heterocycles. The summed E-state index contributed by atoms with van der Waals surface area (Å²) in [6, 6.07) is 9.48. The third kappa shape index (κ3) is 3.19. The van der Waals surface area contributed by atoms with Crippen molar-refractivity contribution in [1.29, 1.82) is 0 Å². The van der Waals surface area contributed by atoms with Crippen LogP contribution in [0.2, 0.25) is 0 Å². The fourth-order valence-corrected chi connectivity index (χ4v) is 2.38. The van der Waals surface area contributed by atoms with Crippen LogP contribution in [0.4, 0.5) is 0 Å². The lowest BCUT2D eigenvalue weighted by Gasteiger charge is -2.16. The number of aliphatic carboxylic acids is 1. The minimum absolute atomic E-state index is 0.482. The average Bonchev–Trinajstić information content (AvgIpc) is 2.38. The zero-order chi connectivity index (χ0) is 12.1. The SMILES string of the molecule is O=C(O)C(C=C1CCCCC1)c1ccccc1. The normalized spacial score (nSPS) is 17.5. The Morgan fingerprint density at radius 2 is 1.76 bits per heavy atom. The molecule has 2 nitrogen and oxygen atoms in total. The Hall–Kier alpha value is -1.57. The van der Waals surface area contributed by atoms with Crippen molar-refractivity contribution >= 4 is 5.97 Å². The van der Waals surface area contributed by atoms with Crippen molar-refractivity contribution in [1.82, 2.24) is 0 Å². The summed E-state index contributed by atoms with van der Waals surface area (Å²) in [6.45, 7) is 0. The maximum absolute atomic E-state index is 11.3. The van der Waals surface area contributed by atoms with Crippen molar-refractivity contribution in [2.24, 2.45) is 0 Å². The minimum Gasteiger partial charge on any atom is -0.481 e. The largest absolute Gasteiger partial charge is 0.481 e. The van der Waals surface area contributed by atoms with Gasteiger partial charge in [0, 0.05) is 0 Å². The molecule has 1 aliphatic rings. The Balaban J connectivity index is 2.21. The monoisotopic (exact) mass is 230 g/mol. The molecule has 90 valence electrons. The van der Waals surface area contributed by atoms with Crippen molar-refractivity contribution in [3.05, 3.63) is 47.5 Å². The quantitative estimate of drug-likeness (QED) is 0.803. The number of carboxylic acid groups (broad SMARTS) is 1. The second kappa shape index (κ2) is 5.67. The lowest BCUT2D eigenvalue weighted by molar-refractivity contribution is -0.137. The van der Waals surface area contributed by atoms with Crippen molar-refractivity contribution in [3.63, 3.8) is 0 Å². The van der Waals surface area contributed by atoms with E-state index in [-0.39, 0.29) is 0 Å². The molecule has 1 saturated carbocycles. The molecule has 1 aromatic carbocycles. The Kier molecular flexibility index (Phi) is 3.97. The number of carboxylic acids is 1. The van der Waals surface area contributed by atoms with Crippen molar-refractivity contribution < 1.29 is 9.90 Å². The summed E-state index contributed by atoms with van der Waals surface area (Å²) in [5.41, 5.74) is 2.19. The third-order valence-corrected chi connectivity index (χ3v) is 3.32. The van der Waals surface area contributed by atoms with E-state index in [1.54, 1.807) is 0 Å². The summed E-state index contributed by atoms with van der Waals surface area (Å²) in [6.07, 6.45) is 7.77. The van der Waals surface area contributed by atoms with Gasteiger partial charge in [-0.2, -0.15) is 0 Å². The smallest absolute Gasteiger partial charge is 0.314 e. The first-order valence-electron chi connectivity index (χ1n) is 6.24. The fourth-order valence-electron chi connectivity index (χ4n) is 2.38. The standard InChI is InChI=1S/C15H18O2/c16-15(17)14(13-9-5-2-6-10-13)11-12-7-3-1-4-8-12/h2,5-6,9-11,14H,1,3-4,7-8H2,(H,16,17). The Labute approximate surface area is 102 Å². The molecule has 0 spiro atoms. The lowest BCUT2D eigenvalue weighted by atomic mass is 9.89. The molecule has 0 bridgehead atoms. The zero-order valence-corrected chi connectivity index (χ0v) is 9.93. The maximum atomic E-state index is 11.3. The maximum Gasteiger partial charge on any atom is 0.314 e. The highest BCUT2D eigenvalue weighted by atomic mass is 16.4. The molecular formula is C15H18O2. The third-order valence-electron chi connectivity index (χ3n) is 3.32. The van der Waals surface area contributed by atoms with Crippen LogP contribution in [0.1, 0.15) is 43.6 Å². The molecule has 0 aromatic heterocycles. The predicted octanol–water partition coefficient (Wildman–Crippen LogP) is 3.75. The molecule has 0 radical (unpaired) electrons. The van der Waals surface area contributed by atoms with E-state index in [1.165, 1.54) is 24.8 Å². The van der Waals surface area contributed by atoms with Crippen LogP contribution in [0.15, 0.2) is 42.0 Å². The van der Waals surface area contributed by atoms with Gasteiger partial charge in [-0.05, 0) is 31.2 Å². The number of allylic oxidation sites excluding steroid dienone is 1. The molecule has 0 amide bonds. The molecule has 2 heteroatoms. The summed E-state index contributed by atoms with van der Waals surface area (Å²) in [5, 5.41) is 9.31. The molecule has 1 unspecified atom stereocenters. The van der Waals surface area contributed by atoms with E-state index >= 15 is 0 Å². The van der Waals surface area contributed by atoms with E-state index < -0.39 is 11.9 Å². The average molecular weight is 230 g/mol. The molecular weight excluding hydrogens is 212 g/mol. The molecule has 17 heavy (non-hydrogen) atoms. The lowest BCUT2D eigenvalue weighted by Crippen LogP contribution is -2.10. The molecule has 0 aliphatic heterocycles. The summed E-state index contributed by atoms with van der Waals surface area (Å²) < 4.78 is 0. The van der Waals surface area contributed by atoms with Gasteiger partial charge in [-0.3, -0.25) is 4.79 Å². The van der Waals surface area contributed by atoms with Gasteiger partial charge in [0.05, 0.1) is 5.92 Å². The highest BCUT2D eigenvalue weighted by Crippen LogP contribution is 2.27. The van der Waals surface area contributed by atoms with Crippen LogP contribution in [-0.4, -0.2) is 11.1 Å². The van der Waals surface area contributed by atoms with Gasteiger partial charge in [0.25, 0.3) is 0 Å². The van der Waals surface area contributed by atoms with Crippen LogP contribution in [0, 0.1) is 0 Å². The summed E-state index contributed by atoms with van der Waals surface area (Å²) in [5.74, 6) is -1.24. The van der Waals surface area contributed by atoms with Crippen molar-refractivity contribution in [3.8, 4) is 0 Å². The van der Waals surface area contributed by atoms with Crippen LogP contribution >= 0.6 is 0 Å². The fraction of sp³-hybridized carbons (Fsp3) is 0.400. The Morgan fingerprint density at radius 1 is 1.12 bits per heavy atom. The number of carbonyl (C=O) groups is 1. The first kappa shape index (κ1) is 11.9. The highest BCUT2D eigenvalue weighted by molar-refractivity contribution is 5.78. The van der Waals surface area contributed by atoms with Crippen molar-refractivity contribution in [2.45, 2.75) is 38.0 Å². The van der Waals surface area contributed by atoms with Crippen LogP contribution in [-0.2, 0) is 4.79 Å². The first-order valence-corrected chi connectivity index (χ1v) is 6.24. The number of hydrogen-bond donors (Lipinski definition) is 1. The van der Waals surface area contributed by atoms with E-state index in [9.17, 15) is 9.90 Å². The van der Waals surface area contributed by atoms with E-state index in [0.717, 1.165) is 18.4 Å². The molecule has 1 aliphatic carbocycles. The van der Waals surface area contributed by atoms with E-state index in [1.807, 2.05) is 36.4 Å². The van der Waals surface area contributed by atoms with Gasteiger partial charge in [-0.25, -0.2) is 0 Å². The van der Waals surface area contributed by atoms with Crippen LogP contribution in [0.25, 0.3) is 0 Å². The number of rotatable bonds is 3. The molecule has 1 fully saturated rings. The molecule has 1 N–H and O–H groups in total. The predicted molar refractivity (Wildman–Crippen MR) is 68.0 cm³/mol. The van der Waals surface area contributed by atoms with Crippen molar-refractivity contribution in [2.75, 3.05) is 0 Å². The van der Waals surface area contributed by atoms with Crippen LogP contribution < -0.4 is 0 Å². The van der Waals surface area contributed by atoms with Gasteiger partial charge < -0.3 is 5.11 Å². The second-order valence-corrected chi connectivity index (χ2v) is 4.61. The van der Waals surface area contributed by atoms with E-state index in [4.69, 9.17) is 0 Å². The Morgan fingerprint density at radius 3 is 2.35 bits per heavy atom. The molecule has 2 rings (SSSR count). The van der Waals surface area contributed by atoms with Crippen LogP contribution in [0.3, 0.4) is 0 Å². The number of hydrogen-bond acceptors (Lipinski definition) is 1. The topological polar surface area (TPSA) is 37.3 Å². The Bertz CT molecular complexity index is 398. The zero-order valence-electron chi connectivity index (χ0n) is 9.93. The van der Waals surface area contributed by atoms with Gasteiger partial charge in [-0.15, -0.1) is 0 Å². The molecule has 1 atom stereocenters. The number of benzene rings is 1. The van der Waals surface area contributed by atoms with Gasteiger partial charge in [0.2, 0.25) is 0 Å². The minimum atomic E-state index is -0.755. The molecule has 0 heterocycles. The van der Waals surface area contributed by atoms with Gasteiger partial charge in [0.15, 0.2) is 0 Å². The second-order valence-electron chi connectivity index (χ2n) is 4.61. The van der Waals surface area contributed by atoms with Gasteiger partial charge in [-0.1, -0.05) is 48.4 Å². The first-order chi connectivity index (χ1) is 8.27. The summed E-state index contributed by atoms with van der Waals surface area (Å²) >= 11 is 0. The molecule has 1 aromatic rings. The van der Waals surface area contributed by atoms with Crippen LogP contribution in [0.5, 0.6) is 0 Å². The summed E-state index contributed by atoms with van der Waals surface area (Å²) in [4.78, 5) is 11.3. The summed E-state index contributed by atoms with van der Waals surface area (Å²) in [7, 11) is 0. The highest BCUT2D eigenvalue weighted by Gasteiger charge is 2.18. The van der Waals surface area contributed by atoms with E-state index in [2.05, 4.69) is 0 Å². The van der Waals surface area contributed by atoms with Gasteiger partial charge >= 0.3 is 5.97 Å². The van der Waals surface area contributed by atoms with E-state index in [0.29, 0.717) is 0 Å². The van der Waals surface area contributed by atoms with Gasteiger partial charge in [0.1, 0.15) is 0 Å².